The molecule has 0 aliphatic heterocycles. The number of ether oxygens (including phenoxy) is 1. The number of thioether (sulfide) groups is 1. The standard InChI is InChI=1S/C16H18ClN3OS/c1-21-14-7-4-12(17)8-11(14)9-22-16-19-18-15(10-2-3-10)20(16)13-5-6-13/h4,7-8,10,13H,2-3,5-6,9H2,1H3. The van der Waals surface area contributed by atoms with Gasteiger partial charge >= 0.3 is 0 Å². The molecule has 2 saturated carbocycles. The van der Waals surface area contributed by atoms with Gasteiger partial charge in [0.25, 0.3) is 0 Å². The van der Waals surface area contributed by atoms with Crippen LogP contribution in [0.15, 0.2) is 23.4 Å². The summed E-state index contributed by atoms with van der Waals surface area (Å²) in [5.41, 5.74) is 1.10. The van der Waals surface area contributed by atoms with Crippen molar-refractivity contribution < 1.29 is 4.74 Å². The van der Waals surface area contributed by atoms with E-state index in [9.17, 15) is 0 Å². The Morgan fingerprint density at radius 1 is 1.27 bits per heavy atom. The van der Waals surface area contributed by atoms with Crippen LogP contribution in [0.5, 0.6) is 5.75 Å². The van der Waals surface area contributed by atoms with Crippen LogP contribution in [-0.2, 0) is 5.75 Å². The highest BCUT2D eigenvalue weighted by Gasteiger charge is 2.36. The quantitative estimate of drug-likeness (QED) is 0.731. The van der Waals surface area contributed by atoms with E-state index in [4.69, 9.17) is 16.3 Å². The van der Waals surface area contributed by atoms with E-state index in [0.29, 0.717) is 12.0 Å². The minimum absolute atomic E-state index is 0.620. The smallest absolute Gasteiger partial charge is 0.191 e. The molecule has 0 saturated heterocycles. The van der Waals surface area contributed by atoms with Gasteiger partial charge in [-0.3, -0.25) is 0 Å². The Labute approximate surface area is 139 Å². The van der Waals surface area contributed by atoms with Gasteiger partial charge in [0.15, 0.2) is 5.16 Å². The van der Waals surface area contributed by atoms with Crippen molar-refractivity contribution in [1.82, 2.24) is 14.8 Å². The third kappa shape index (κ3) is 2.84. The molecule has 0 bridgehead atoms. The van der Waals surface area contributed by atoms with Crippen LogP contribution < -0.4 is 4.74 Å². The maximum atomic E-state index is 6.10. The number of halogens is 1. The second-order valence-corrected chi connectivity index (χ2v) is 7.34. The lowest BCUT2D eigenvalue weighted by Crippen LogP contribution is -2.02. The molecule has 0 atom stereocenters. The minimum Gasteiger partial charge on any atom is -0.496 e. The first-order valence-electron chi connectivity index (χ1n) is 7.66. The van der Waals surface area contributed by atoms with Crippen LogP contribution in [0, 0.1) is 0 Å². The zero-order valence-corrected chi connectivity index (χ0v) is 14.0. The fraction of sp³-hybridized carbons (Fsp3) is 0.500. The van der Waals surface area contributed by atoms with Crippen LogP contribution in [0.2, 0.25) is 5.02 Å². The van der Waals surface area contributed by atoms with Crippen LogP contribution in [0.1, 0.15) is 49.0 Å². The van der Waals surface area contributed by atoms with Crippen molar-refractivity contribution in [3.63, 3.8) is 0 Å². The fourth-order valence-corrected chi connectivity index (χ4v) is 3.87. The van der Waals surface area contributed by atoms with E-state index in [0.717, 1.165) is 27.2 Å². The van der Waals surface area contributed by atoms with Crippen molar-refractivity contribution in [3.8, 4) is 5.75 Å². The van der Waals surface area contributed by atoms with Crippen molar-refractivity contribution in [2.24, 2.45) is 0 Å². The second kappa shape index (κ2) is 5.78. The van der Waals surface area contributed by atoms with Gasteiger partial charge in [0.1, 0.15) is 11.6 Å². The maximum Gasteiger partial charge on any atom is 0.191 e. The first-order chi connectivity index (χ1) is 10.8. The van der Waals surface area contributed by atoms with Gasteiger partial charge in [-0.1, -0.05) is 23.4 Å². The molecule has 4 rings (SSSR count). The molecule has 0 amide bonds. The van der Waals surface area contributed by atoms with Crippen molar-refractivity contribution in [3.05, 3.63) is 34.6 Å². The van der Waals surface area contributed by atoms with Gasteiger partial charge in [0.2, 0.25) is 0 Å². The summed E-state index contributed by atoms with van der Waals surface area (Å²) in [6.07, 6.45) is 5.03. The predicted octanol–water partition coefficient (Wildman–Crippen LogP) is 4.44. The molecule has 6 heteroatoms. The first-order valence-corrected chi connectivity index (χ1v) is 9.02. The summed E-state index contributed by atoms with van der Waals surface area (Å²) < 4.78 is 7.79. The zero-order valence-electron chi connectivity index (χ0n) is 12.5. The number of hydrogen-bond donors (Lipinski definition) is 0. The highest BCUT2D eigenvalue weighted by atomic mass is 35.5. The van der Waals surface area contributed by atoms with E-state index in [1.165, 1.54) is 31.5 Å². The molecule has 116 valence electrons. The molecule has 0 unspecified atom stereocenters. The molecule has 1 aromatic carbocycles. The molecule has 1 aromatic heterocycles. The summed E-state index contributed by atoms with van der Waals surface area (Å²) in [6, 6.07) is 6.35. The number of methoxy groups -OCH3 is 1. The highest BCUT2D eigenvalue weighted by molar-refractivity contribution is 7.98. The molecule has 0 spiro atoms. The lowest BCUT2D eigenvalue weighted by Gasteiger charge is -2.10. The third-order valence-corrected chi connectivity index (χ3v) is 5.37. The Morgan fingerprint density at radius 2 is 2.09 bits per heavy atom. The van der Waals surface area contributed by atoms with Gasteiger partial charge in [0.05, 0.1) is 7.11 Å². The van der Waals surface area contributed by atoms with Crippen molar-refractivity contribution in [2.75, 3.05) is 7.11 Å². The lowest BCUT2D eigenvalue weighted by molar-refractivity contribution is 0.411. The van der Waals surface area contributed by atoms with Gasteiger partial charge < -0.3 is 9.30 Å². The van der Waals surface area contributed by atoms with E-state index in [-0.39, 0.29) is 0 Å². The van der Waals surface area contributed by atoms with Gasteiger partial charge in [-0.2, -0.15) is 0 Å². The number of benzene rings is 1. The zero-order chi connectivity index (χ0) is 15.1. The second-order valence-electron chi connectivity index (χ2n) is 5.96. The number of rotatable bonds is 6. The summed E-state index contributed by atoms with van der Waals surface area (Å²) in [4.78, 5) is 0. The first kappa shape index (κ1) is 14.4. The summed E-state index contributed by atoms with van der Waals surface area (Å²) in [6.45, 7) is 0. The van der Waals surface area contributed by atoms with Crippen LogP contribution in [-0.4, -0.2) is 21.9 Å². The molecule has 2 fully saturated rings. The van der Waals surface area contributed by atoms with Gasteiger partial charge in [0, 0.05) is 28.3 Å². The van der Waals surface area contributed by atoms with E-state index in [2.05, 4.69) is 14.8 Å². The van der Waals surface area contributed by atoms with E-state index in [1.807, 2.05) is 18.2 Å². The Kier molecular flexibility index (Phi) is 3.78. The van der Waals surface area contributed by atoms with Crippen LogP contribution >= 0.6 is 23.4 Å². The van der Waals surface area contributed by atoms with Crippen LogP contribution in [0.4, 0.5) is 0 Å². The molecule has 1 heterocycles. The molecule has 0 radical (unpaired) electrons. The number of hydrogen-bond acceptors (Lipinski definition) is 4. The molecule has 22 heavy (non-hydrogen) atoms. The molecule has 4 nitrogen and oxygen atoms in total. The van der Waals surface area contributed by atoms with E-state index < -0.39 is 0 Å². The Balaban J connectivity index is 1.56. The molecular weight excluding hydrogens is 318 g/mol. The third-order valence-electron chi connectivity index (χ3n) is 4.14. The molecule has 0 N–H and O–H groups in total. The largest absolute Gasteiger partial charge is 0.496 e. The highest BCUT2D eigenvalue weighted by Crippen LogP contribution is 2.46. The fourth-order valence-electron chi connectivity index (χ4n) is 2.68. The van der Waals surface area contributed by atoms with Gasteiger partial charge in [-0.05, 0) is 43.9 Å². The van der Waals surface area contributed by atoms with Gasteiger partial charge in [-0.25, -0.2) is 0 Å². The van der Waals surface area contributed by atoms with Gasteiger partial charge in [-0.15, -0.1) is 10.2 Å². The summed E-state index contributed by atoms with van der Waals surface area (Å²) >= 11 is 7.83. The van der Waals surface area contributed by atoms with E-state index in [1.54, 1.807) is 18.9 Å². The maximum absolute atomic E-state index is 6.10. The monoisotopic (exact) mass is 335 g/mol. The van der Waals surface area contributed by atoms with Crippen LogP contribution in [0.3, 0.4) is 0 Å². The Morgan fingerprint density at radius 3 is 2.77 bits per heavy atom. The summed E-state index contributed by atoms with van der Waals surface area (Å²) in [5, 5.41) is 10.6. The van der Waals surface area contributed by atoms with Crippen molar-refractivity contribution in [1.29, 1.82) is 0 Å². The van der Waals surface area contributed by atoms with Crippen molar-refractivity contribution in [2.45, 2.75) is 48.6 Å². The number of nitrogens with zero attached hydrogens (tertiary/aromatic N) is 3. The SMILES string of the molecule is COc1ccc(Cl)cc1CSc1nnc(C2CC2)n1C1CC1. The van der Waals surface area contributed by atoms with Crippen LogP contribution in [0.25, 0.3) is 0 Å². The molecule has 2 aliphatic rings. The molecule has 2 aliphatic carbocycles. The minimum atomic E-state index is 0.620. The predicted molar refractivity (Wildman–Crippen MR) is 87.8 cm³/mol. The summed E-state index contributed by atoms with van der Waals surface area (Å²) in [7, 11) is 1.69. The lowest BCUT2D eigenvalue weighted by atomic mass is 10.2. The summed E-state index contributed by atoms with van der Waals surface area (Å²) in [5.74, 6) is 3.50. The average molecular weight is 336 g/mol. The topological polar surface area (TPSA) is 39.9 Å². The van der Waals surface area contributed by atoms with E-state index >= 15 is 0 Å². The Hall–Kier alpha value is -1.20. The molecule has 2 aromatic rings. The number of aromatic nitrogens is 3. The normalized spacial score (nSPS) is 17.7. The Bertz CT molecular complexity index is 695. The van der Waals surface area contributed by atoms with Crippen molar-refractivity contribution >= 4 is 23.4 Å². The average Bonchev–Trinajstić information content (AvgIpc) is 3.44. The molecular formula is C16H18ClN3OS.